The smallest absolute Gasteiger partial charge is 0.343 e. The molecule has 0 aromatic rings. The molecule has 0 saturated carbocycles. The van der Waals surface area contributed by atoms with Crippen molar-refractivity contribution in [1.29, 1.82) is 0 Å². The number of carbonyl (C=O) groups is 2. The largest absolute Gasteiger partial charge is 0.465 e. The van der Waals surface area contributed by atoms with Crippen molar-refractivity contribution in [3.05, 3.63) is 35.7 Å². The Morgan fingerprint density at radius 3 is 2.11 bits per heavy atom. The molecule has 1 N–H and O–H groups in total. The van der Waals surface area contributed by atoms with Crippen LogP contribution in [0.15, 0.2) is 35.7 Å². The molecule has 19 heavy (non-hydrogen) atoms. The van der Waals surface area contributed by atoms with Crippen LogP contribution in [0.4, 0.5) is 0 Å². The molecule has 106 valence electrons. The average molecular weight is 267 g/mol. The molecular formula is C14H23N2O3+. The molecule has 0 saturated heterocycles. The summed E-state index contributed by atoms with van der Waals surface area (Å²) in [5.74, 6) is -0.939. The summed E-state index contributed by atoms with van der Waals surface area (Å²) in [6.07, 6.45) is 7.30. The minimum absolute atomic E-state index is 0.0503. The molecule has 0 atom stereocenters. The van der Waals surface area contributed by atoms with E-state index >= 15 is 0 Å². The first kappa shape index (κ1) is 17.1. The number of methoxy groups -OCH3 is 1. The van der Waals surface area contributed by atoms with Gasteiger partial charge in [-0.1, -0.05) is 6.08 Å². The first-order valence-electron chi connectivity index (χ1n) is 5.97. The maximum absolute atomic E-state index is 11.7. The number of carbonyl (C=O) groups excluding carboxylic acids is 2. The minimum atomic E-state index is -0.622. The first-order chi connectivity index (χ1) is 8.81. The summed E-state index contributed by atoms with van der Waals surface area (Å²) in [7, 11) is 8.78. The number of hydrogen-bond acceptors (Lipinski definition) is 4. The van der Waals surface area contributed by atoms with E-state index in [1.54, 1.807) is 31.1 Å². The highest BCUT2D eigenvalue weighted by Gasteiger charge is 2.20. The van der Waals surface area contributed by atoms with E-state index in [-0.39, 0.29) is 11.4 Å². The summed E-state index contributed by atoms with van der Waals surface area (Å²) in [6.45, 7) is 1.35. The fourth-order valence-corrected chi connectivity index (χ4v) is 1.38. The molecule has 5 heteroatoms. The molecule has 0 heterocycles. The maximum atomic E-state index is 11.7. The van der Waals surface area contributed by atoms with Crippen molar-refractivity contribution in [3.63, 3.8) is 0 Å². The molecule has 0 amide bonds. The van der Waals surface area contributed by atoms with E-state index in [1.807, 2.05) is 26.4 Å². The predicted octanol–water partition coefficient (Wildman–Crippen LogP) is -0.221. The Hall–Kier alpha value is -1.88. The Balaban J connectivity index is 5.47. The molecular weight excluding hydrogens is 244 g/mol. The van der Waals surface area contributed by atoms with Crippen molar-refractivity contribution in [3.8, 4) is 0 Å². The van der Waals surface area contributed by atoms with Crippen LogP contribution in [0.25, 0.3) is 0 Å². The summed E-state index contributed by atoms with van der Waals surface area (Å²) in [6, 6.07) is 0. The van der Waals surface area contributed by atoms with Crippen LogP contribution in [0.1, 0.15) is 6.92 Å². The second-order valence-electron chi connectivity index (χ2n) is 4.50. The second-order valence-corrected chi connectivity index (χ2v) is 4.50. The van der Waals surface area contributed by atoms with Gasteiger partial charge in [0.25, 0.3) is 0 Å². The third-order valence-electron chi connectivity index (χ3n) is 2.27. The summed E-state index contributed by atoms with van der Waals surface area (Å²) in [5.41, 5.74) is 0.576. The molecule has 0 unspecified atom stereocenters. The molecule has 0 aromatic heterocycles. The highest BCUT2D eigenvalue weighted by molar-refractivity contribution is 6.17. The molecule has 0 rings (SSSR count). The predicted molar refractivity (Wildman–Crippen MR) is 74.5 cm³/mol. The van der Waals surface area contributed by atoms with E-state index in [4.69, 9.17) is 0 Å². The quantitative estimate of drug-likeness (QED) is 0.238. The third kappa shape index (κ3) is 6.01. The topological polar surface area (TPSA) is 51.1 Å². The Morgan fingerprint density at radius 2 is 1.74 bits per heavy atom. The van der Waals surface area contributed by atoms with E-state index in [0.717, 1.165) is 0 Å². The molecule has 0 aliphatic rings. The van der Waals surface area contributed by atoms with Crippen molar-refractivity contribution in [2.75, 3.05) is 35.3 Å². The number of likely N-dealkylation sites (N-methyl/N-ethyl adjacent to an activating group) is 1. The highest BCUT2D eigenvalue weighted by atomic mass is 16.5. The van der Waals surface area contributed by atoms with Crippen molar-refractivity contribution >= 4 is 11.8 Å². The fourth-order valence-electron chi connectivity index (χ4n) is 1.38. The molecule has 0 aliphatic heterocycles. The van der Waals surface area contributed by atoms with Gasteiger partial charge in [0.15, 0.2) is 5.78 Å². The van der Waals surface area contributed by atoms with Crippen LogP contribution in [0, 0.1) is 0 Å². The van der Waals surface area contributed by atoms with Crippen LogP contribution in [0.5, 0.6) is 0 Å². The standard InChI is InChI=1S/C14H22N2O3/c1-11(17)13(14(18)19-6)12(16(4)5)9-7-8-10-15(2)3/h7-10H,1-6H3/p+1/b9-7+,10-8+,13-12-. The molecule has 0 fully saturated rings. The molecule has 0 aromatic carbocycles. The van der Waals surface area contributed by atoms with Gasteiger partial charge in [-0.15, -0.1) is 0 Å². The minimum Gasteiger partial charge on any atom is -0.465 e. The zero-order valence-electron chi connectivity index (χ0n) is 12.5. The molecule has 0 radical (unpaired) electrons. The van der Waals surface area contributed by atoms with E-state index in [0.29, 0.717) is 5.70 Å². The van der Waals surface area contributed by atoms with Crippen LogP contribution in [0.2, 0.25) is 0 Å². The lowest BCUT2D eigenvalue weighted by molar-refractivity contribution is -0.801. The Labute approximate surface area is 114 Å². The molecule has 0 spiro atoms. The average Bonchev–Trinajstić information content (AvgIpc) is 2.30. The van der Waals surface area contributed by atoms with Crippen LogP contribution in [-0.2, 0) is 14.3 Å². The van der Waals surface area contributed by atoms with Gasteiger partial charge in [0.2, 0.25) is 0 Å². The number of ketones is 1. The summed E-state index contributed by atoms with van der Waals surface area (Å²) in [4.78, 5) is 26.1. The van der Waals surface area contributed by atoms with Gasteiger partial charge < -0.3 is 14.5 Å². The number of ether oxygens (including phenoxy) is 1. The van der Waals surface area contributed by atoms with Crippen molar-refractivity contribution < 1.29 is 19.2 Å². The van der Waals surface area contributed by atoms with E-state index in [1.165, 1.54) is 18.9 Å². The highest BCUT2D eigenvalue weighted by Crippen LogP contribution is 2.12. The zero-order chi connectivity index (χ0) is 15.0. The molecule has 5 nitrogen and oxygen atoms in total. The number of quaternary nitrogens is 1. The number of Topliss-reactive ketones (excluding diaryl/α,β-unsaturated/α-hetero) is 1. The normalized spacial score (nSPS) is 13.0. The number of nitrogens with one attached hydrogen (secondary N) is 1. The zero-order valence-corrected chi connectivity index (χ0v) is 12.5. The Bertz CT molecular complexity index is 418. The Morgan fingerprint density at radius 1 is 1.16 bits per heavy atom. The van der Waals surface area contributed by atoms with Gasteiger partial charge in [0.05, 0.1) is 33.1 Å². The summed E-state index contributed by atoms with van der Waals surface area (Å²) in [5, 5.41) is 0. The summed E-state index contributed by atoms with van der Waals surface area (Å²) < 4.78 is 4.65. The number of hydrogen-bond donors (Lipinski definition) is 1. The maximum Gasteiger partial charge on any atom is 0.343 e. The number of rotatable bonds is 6. The Kier molecular flexibility index (Phi) is 7.44. The SMILES string of the molecule is COC(=O)/C(C(C)=O)=C(/C=C/C=C/[NH+](C)C)N(C)C. The lowest BCUT2D eigenvalue weighted by atomic mass is 10.1. The molecule has 0 aliphatic carbocycles. The number of esters is 1. The van der Waals surface area contributed by atoms with E-state index < -0.39 is 5.97 Å². The van der Waals surface area contributed by atoms with Gasteiger partial charge in [-0.25, -0.2) is 4.79 Å². The number of allylic oxidation sites excluding steroid dienone is 3. The van der Waals surface area contributed by atoms with Crippen LogP contribution in [0.3, 0.4) is 0 Å². The van der Waals surface area contributed by atoms with Gasteiger partial charge in [-0.2, -0.15) is 0 Å². The fraction of sp³-hybridized carbons (Fsp3) is 0.429. The van der Waals surface area contributed by atoms with Crippen molar-refractivity contribution in [1.82, 2.24) is 4.90 Å². The van der Waals surface area contributed by atoms with Crippen LogP contribution < -0.4 is 4.90 Å². The van der Waals surface area contributed by atoms with Crippen molar-refractivity contribution in [2.45, 2.75) is 6.92 Å². The second kappa shape index (κ2) is 8.26. The van der Waals surface area contributed by atoms with Gasteiger partial charge in [0.1, 0.15) is 5.57 Å². The first-order valence-corrected chi connectivity index (χ1v) is 5.97. The van der Waals surface area contributed by atoms with Crippen LogP contribution in [-0.4, -0.2) is 52.0 Å². The monoisotopic (exact) mass is 267 g/mol. The van der Waals surface area contributed by atoms with E-state index in [2.05, 4.69) is 4.74 Å². The lowest BCUT2D eigenvalue weighted by Gasteiger charge is -2.16. The molecule has 0 bridgehead atoms. The van der Waals surface area contributed by atoms with E-state index in [9.17, 15) is 9.59 Å². The van der Waals surface area contributed by atoms with Crippen LogP contribution >= 0.6 is 0 Å². The van der Waals surface area contributed by atoms with Gasteiger partial charge in [0, 0.05) is 14.1 Å². The van der Waals surface area contributed by atoms with Gasteiger partial charge in [-0.05, 0) is 19.1 Å². The number of nitrogens with zero attached hydrogens (tertiary/aromatic N) is 1. The van der Waals surface area contributed by atoms with Crippen molar-refractivity contribution in [2.24, 2.45) is 0 Å². The third-order valence-corrected chi connectivity index (χ3v) is 2.27. The van der Waals surface area contributed by atoms with Gasteiger partial charge in [-0.3, -0.25) is 4.79 Å². The summed E-state index contributed by atoms with van der Waals surface area (Å²) >= 11 is 0. The van der Waals surface area contributed by atoms with Gasteiger partial charge >= 0.3 is 5.97 Å². The lowest BCUT2D eigenvalue weighted by Crippen LogP contribution is -3.00.